The number of benzene rings is 4. The van der Waals surface area contributed by atoms with Crippen molar-refractivity contribution in [1.82, 2.24) is 0 Å². The Morgan fingerprint density at radius 1 is 0.800 bits per heavy atom. The number of hydrogen-bond acceptors (Lipinski definition) is 6. The molecule has 4 aromatic rings. The van der Waals surface area contributed by atoms with Gasteiger partial charge in [0.2, 0.25) is 0 Å². The molecule has 40 heavy (non-hydrogen) atoms. The van der Waals surface area contributed by atoms with Crippen molar-refractivity contribution in [2.45, 2.75) is 51.9 Å². The molecule has 0 fully saturated rings. The molecule has 0 saturated carbocycles. The van der Waals surface area contributed by atoms with Gasteiger partial charge >= 0.3 is 11.9 Å². The topological polar surface area (TPSA) is 93.1 Å². The Morgan fingerprint density at radius 3 is 2.23 bits per heavy atom. The highest BCUT2D eigenvalue weighted by Gasteiger charge is 2.27. The fourth-order valence-corrected chi connectivity index (χ4v) is 4.50. The third-order valence-electron chi connectivity index (χ3n) is 6.65. The van der Waals surface area contributed by atoms with Crippen molar-refractivity contribution in [3.63, 3.8) is 0 Å². The zero-order chi connectivity index (χ0) is 28.7. The van der Waals surface area contributed by atoms with E-state index >= 15 is 0 Å². The first-order valence-electron chi connectivity index (χ1n) is 13.5. The fourth-order valence-electron chi connectivity index (χ4n) is 4.50. The van der Waals surface area contributed by atoms with Gasteiger partial charge in [-0.2, -0.15) is 0 Å². The minimum atomic E-state index is -1.04. The first-order valence-corrected chi connectivity index (χ1v) is 13.5. The molecule has 0 amide bonds. The smallest absolute Gasteiger partial charge is 0.338 e. The van der Waals surface area contributed by atoms with Gasteiger partial charge in [0.15, 0.2) is 0 Å². The van der Waals surface area contributed by atoms with Crippen molar-refractivity contribution >= 4 is 22.7 Å². The van der Waals surface area contributed by atoms with E-state index in [1.807, 2.05) is 106 Å². The summed E-state index contributed by atoms with van der Waals surface area (Å²) < 4.78 is 10.8. The van der Waals surface area contributed by atoms with Crippen LogP contribution in [0.3, 0.4) is 0 Å². The van der Waals surface area contributed by atoms with E-state index in [2.05, 4.69) is 0 Å². The molecule has 0 radical (unpaired) electrons. The van der Waals surface area contributed by atoms with Gasteiger partial charge in [-0.25, -0.2) is 4.79 Å². The number of fused-ring (bicyclic) bond motifs is 1. The second-order valence-electron chi connectivity index (χ2n) is 11.0. The Balaban J connectivity index is 1.42. The quantitative estimate of drug-likeness (QED) is 0.236. The van der Waals surface area contributed by atoms with E-state index < -0.39 is 30.2 Å². The highest BCUT2D eigenvalue weighted by Crippen LogP contribution is 2.27. The van der Waals surface area contributed by atoms with Gasteiger partial charge in [-0.05, 0) is 84.8 Å². The standard InChI is InChI=1S/C34H36O6/c1-34(2,3)40-32(37)28-16-14-25-13-15-27(19-29(25)20-28)26-11-7-10-23(18-26)12-17-31(36)30(21-35)33(38)39-22-24-8-5-4-6-9-24/h4-11,13-16,18-20,30-31,35-36H,12,17,21-22H2,1-3H3/t30-,31-/m1/s1. The number of aliphatic hydroxyl groups excluding tert-OH is 2. The van der Waals surface area contributed by atoms with Crippen LogP contribution < -0.4 is 0 Å². The molecule has 0 heterocycles. The Kier molecular flexibility index (Phi) is 9.35. The zero-order valence-corrected chi connectivity index (χ0v) is 23.2. The van der Waals surface area contributed by atoms with Crippen molar-refractivity contribution in [2.75, 3.05) is 6.61 Å². The maximum Gasteiger partial charge on any atom is 0.338 e. The number of esters is 2. The third-order valence-corrected chi connectivity index (χ3v) is 6.65. The Labute approximate surface area is 235 Å². The highest BCUT2D eigenvalue weighted by atomic mass is 16.6. The largest absolute Gasteiger partial charge is 0.460 e. The molecule has 0 unspecified atom stereocenters. The van der Waals surface area contributed by atoms with Crippen molar-refractivity contribution < 1.29 is 29.3 Å². The van der Waals surface area contributed by atoms with E-state index in [1.165, 1.54) is 0 Å². The summed E-state index contributed by atoms with van der Waals surface area (Å²) in [5.74, 6) is -1.98. The molecular formula is C34H36O6. The molecule has 6 nitrogen and oxygen atoms in total. The van der Waals surface area contributed by atoms with Gasteiger partial charge in [0.1, 0.15) is 18.1 Å². The van der Waals surface area contributed by atoms with Crippen molar-refractivity contribution in [3.05, 3.63) is 108 Å². The number of aryl methyl sites for hydroxylation is 1. The molecule has 2 atom stereocenters. The normalized spacial score (nSPS) is 13.0. The van der Waals surface area contributed by atoms with Gasteiger partial charge in [0, 0.05) is 0 Å². The van der Waals surface area contributed by atoms with Gasteiger partial charge in [-0.15, -0.1) is 0 Å². The SMILES string of the molecule is CC(C)(C)OC(=O)c1ccc2ccc(-c3cccc(CC[C@@H](O)[C@@H](CO)C(=O)OCc4ccccc4)c3)cc2c1. The number of carbonyl (C=O) groups is 2. The second-order valence-corrected chi connectivity index (χ2v) is 11.0. The number of rotatable bonds is 10. The summed E-state index contributed by atoms with van der Waals surface area (Å²) in [7, 11) is 0. The average Bonchev–Trinajstić information content (AvgIpc) is 2.94. The number of ether oxygens (including phenoxy) is 2. The molecule has 2 N–H and O–H groups in total. The van der Waals surface area contributed by atoms with Crippen LogP contribution in [-0.4, -0.2) is 40.5 Å². The maximum absolute atomic E-state index is 12.6. The van der Waals surface area contributed by atoms with Crippen LogP contribution in [0.25, 0.3) is 21.9 Å². The molecule has 0 spiro atoms. The summed E-state index contributed by atoms with van der Waals surface area (Å²) in [5, 5.41) is 22.4. The number of carbonyl (C=O) groups excluding carboxylic acids is 2. The molecule has 208 valence electrons. The van der Waals surface area contributed by atoms with E-state index in [9.17, 15) is 19.8 Å². The fraction of sp³-hybridized carbons (Fsp3) is 0.294. The van der Waals surface area contributed by atoms with Gasteiger partial charge in [-0.3, -0.25) is 4.79 Å². The first-order chi connectivity index (χ1) is 19.1. The zero-order valence-electron chi connectivity index (χ0n) is 23.2. The molecule has 0 bridgehead atoms. The summed E-state index contributed by atoms with van der Waals surface area (Å²) >= 11 is 0. The molecule has 6 heteroatoms. The molecule has 0 aliphatic carbocycles. The summed E-state index contributed by atoms with van der Waals surface area (Å²) in [5.41, 5.74) is 3.76. The van der Waals surface area contributed by atoms with Crippen molar-refractivity contribution in [2.24, 2.45) is 5.92 Å². The Bertz CT molecular complexity index is 1450. The lowest BCUT2D eigenvalue weighted by Gasteiger charge is -2.20. The van der Waals surface area contributed by atoms with Crippen molar-refractivity contribution in [3.8, 4) is 11.1 Å². The summed E-state index contributed by atoms with van der Waals surface area (Å²) in [6, 6.07) is 28.9. The maximum atomic E-state index is 12.6. The molecular weight excluding hydrogens is 504 g/mol. The molecule has 4 aromatic carbocycles. The lowest BCUT2D eigenvalue weighted by Crippen LogP contribution is -2.33. The molecule has 0 saturated heterocycles. The predicted molar refractivity (Wildman–Crippen MR) is 156 cm³/mol. The van der Waals surface area contributed by atoms with Gasteiger partial charge in [0.25, 0.3) is 0 Å². The molecule has 0 aliphatic heterocycles. The van der Waals surface area contributed by atoms with Crippen LogP contribution in [0.4, 0.5) is 0 Å². The van der Waals surface area contributed by atoms with E-state index in [-0.39, 0.29) is 12.6 Å². The number of aliphatic hydroxyl groups is 2. The van der Waals surface area contributed by atoms with E-state index in [0.717, 1.165) is 33.0 Å². The van der Waals surface area contributed by atoms with Crippen LogP contribution in [0, 0.1) is 5.92 Å². The van der Waals surface area contributed by atoms with Crippen LogP contribution in [0.5, 0.6) is 0 Å². The van der Waals surface area contributed by atoms with Crippen LogP contribution in [0.2, 0.25) is 0 Å². The van der Waals surface area contributed by atoms with E-state index in [4.69, 9.17) is 9.47 Å². The molecule has 0 aromatic heterocycles. The summed E-state index contributed by atoms with van der Waals surface area (Å²) in [6.07, 6.45) is -0.219. The predicted octanol–water partition coefficient (Wildman–Crippen LogP) is 6.11. The van der Waals surface area contributed by atoms with Crippen LogP contribution >= 0.6 is 0 Å². The molecule has 0 aliphatic rings. The molecule has 4 rings (SSSR count). The summed E-state index contributed by atoms with van der Waals surface area (Å²) in [6.45, 7) is 5.14. The summed E-state index contributed by atoms with van der Waals surface area (Å²) in [4.78, 5) is 25.1. The monoisotopic (exact) mass is 540 g/mol. The third kappa shape index (κ3) is 7.78. The van der Waals surface area contributed by atoms with E-state index in [1.54, 1.807) is 6.07 Å². The van der Waals surface area contributed by atoms with Crippen molar-refractivity contribution in [1.29, 1.82) is 0 Å². The first kappa shape index (κ1) is 29.0. The second kappa shape index (κ2) is 12.9. The Morgan fingerprint density at radius 2 is 1.50 bits per heavy atom. The Hall–Kier alpha value is -4.00. The van der Waals surface area contributed by atoms with Crippen LogP contribution in [0.15, 0.2) is 91.0 Å². The highest BCUT2D eigenvalue weighted by molar-refractivity contribution is 5.96. The minimum absolute atomic E-state index is 0.0932. The lowest BCUT2D eigenvalue weighted by molar-refractivity contribution is -0.156. The lowest BCUT2D eigenvalue weighted by atomic mass is 9.94. The van der Waals surface area contributed by atoms with Gasteiger partial charge < -0.3 is 19.7 Å². The van der Waals surface area contributed by atoms with Gasteiger partial charge in [-0.1, -0.05) is 72.8 Å². The average molecular weight is 541 g/mol. The van der Waals surface area contributed by atoms with E-state index in [0.29, 0.717) is 18.4 Å². The van der Waals surface area contributed by atoms with Crippen LogP contribution in [0.1, 0.15) is 48.7 Å². The minimum Gasteiger partial charge on any atom is -0.460 e. The van der Waals surface area contributed by atoms with Gasteiger partial charge in [0.05, 0.1) is 18.3 Å². The van der Waals surface area contributed by atoms with Crippen LogP contribution in [-0.2, 0) is 27.3 Å². The number of hydrogen-bond donors (Lipinski definition) is 2.